The largest absolute Gasteiger partial charge is 0.461 e. The molecule has 9 heteroatoms. The van der Waals surface area contributed by atoms with Crippen LogP contribution in [-0.2, 0) is 11.8 Å². The van der Waals surface area contributed by atoms with Crippen LogP contribution in [0.25, 0.3) is 11.6 Å². The van der Waals surface area contributed by atoms with Gasteiger partial charge in [-0.1, -0.05) is 37.7 Å². The summed E-state index contributed by atoms with van der Waals surface area (Å²) < 4.78 is 7.11. The highest BCUT2D eigenvalue weighted by Gasteiger charge is 2.16. The molecule has 0 fully saturated rings. The summed E-state index contributed by atoms with van der Waals surface area (Å²) in [5.74, 6) is 1.23. The number of hydrogen-bond acceptors (Lipinski definition) is 6. The Balaban J connectivity index is 1.61. The summed E-state index contributed by atoms with van der Waals surface area (Å²) >= 11 is 1.26. The van der Waals surface area contributed by atoms with Crippen molar-refractivity contribution in [3.8, 4) is 11.6 Å². The molecule has 0 aliphatic carbocycles. The first-order valence-corrected chi connectivity index (χ1v) is 10.2. The number of hydrogen-bond donors (Lipinski definition) is 2. The lowest BCUT2D eigenvalue weighted by atomic mass is 10.1. The molecule has 0 saturated heterocycles. The lowest BCUT2D eigenvalue weighted by molar-refractivity contribution is -0.113. The number of nitrogens with zero attached hydrogens (tertiary/aromatic N) is 3. The maximum atomic E-state index is 12.4. The van der Waals surface area contributed by atoms with E-state index in [0.29, 0.717) is 40.5 Å². The minimum atomic E-state index is -0.235. The number of anilines is 1. The van der Waals surface area contributed by atoms with Gasteiger partial charge in [0.05, 0.1) is 23.3 Å². The van der Waals surface area contributed by atoms with E-state index >= 15 is 0 Å². The Kier molecular flexibility index (Phi) is 6.71. The van der Waals surface area contributed by atoms with E-state index in [-0.39, 0.29) is 17.6 Å². The van der Waals surface area contributed by atoms with E-state index in [0.717, 1.165) is 0 Å². The Morgan fingerprint density at radius 3 is 2.69 bits per heavy atom. The highest BCUT2D eigenvalue weighted by atomic mass is 32.2. The number of aromatic nitrogens is 3. The molecule has 29 heavy (non-hydrogen) atoms. The van der Waals surface area contributed by atoms with Crippen LogP contribution in [0.2, 0.25) is 0 Å². The van der Waals surface area contributed by atoms with Crippen LogP contribution in [0.3, 0.4) is 0 Å². The average molecular weight is 414 g/mol. The third-order valence-electron chi connectivity index (χ3n) is 4.03. The van der Waals surface area contributed by atoms with Crippen LogP contribution in [0.1, 0.15) is 24.2 Å². The fourth-order valence-corrected chi connectivity index (χ4v) is 3.27. The first-order chi connectivity index (χ1) is 14.0. The Hall–Kier alpha value is -3.07. The second-order valence-electron chi connectivity index (χ2n) is 6.83. The second kappa shape index (κ2) is 9.42. The molecule has 2 amide bonds. The van der Waals surface area contributed by atoms with Gasteiger partial charge in [-0.3, -0.25) is 9.59 Å². The monoisotopic (exact) mass is 413 g/mol. The summed E-state index contributed by atoms with van der Waals surface area (Å²) in [5, 5.41) is 14.5. The van der Waals surface area contributed by atoms with Crippen molar-refractivity contribution in [1.82, 2.24) is 20.1 Å². The van der Waals surface area contributed by atoms with Crippen molar-refractivity contribution in [3.63, 3.8) is 0 Å². The van der Waals surface area contributed by atoms with Gasteiger partial charge in [-0.05, 0) is 30.2 Å². The lowest BCUT2D eigenvalue weighted by Gasteiger charge is -2.12. The van der Waals surface area contributed by atoms with Gasteiger partial charge in [0.25, 0.3) is 5.91 Å². The molecule has 0 bridgehead atoms. The summed E-state index contributed by atoms with van der Waals surface area (Å²) in [7, 11) is 1.81. The first kappa shape index (κ1) is 20.7. The molecule has 3 aromatic rings. The second-order valence-corrected chi connectivity index (χ2v) is 7.77. The van der Waals surface area contributed by atoms with Gasteiger partial charge in [-0.25, -0.2) is 0 Å². The predicted octanol–water partition coefficient (Wildman–Crippen LogP) is 3.19. The molecule has 0 unspecified atom stereocenters. The molecule has 152 valence electrons. The van der Waals surface area contributed by atoms with Crippen LogP contribution in [0.15, 0.2) is 52.2 Å². The number of rotatable bonds is 8. The summed E-state index contributed by atoms with van der Waals surface area (Å²) in [6.07, 6.45) is 1.57. The summed E-state index contributed by atoms with van der Waals surface area (Å²) in [4.78, 5) is 24.8. The number of carbonyl (C=O) groups excluding carboxylic acids is 2. The van der Waals surface area contributed by atoms with E-state index in [1.54, 1.807) is 47.2 Å². The minimum absolute atomic E-state index is 0.131. The van der Waals surface area contributed by atoms with Crippen LogP contribution in [0.4, 0.5) is 5.69 Å². The number of thioether (sulfide) groups is 1. The third kappa shape index (κ3) is 5.26. The zero-order valence-electron chi connectivity index (χ0n) is 16.5. The van der Waals surface area contributed by atoms with E-state index in [1.165, 1.54) is 11.8 Å². The van der Waals surface area contributed by atoms with E-state index < -0.39 is 0 Å². The maximum Gasteiger partial charge on any atom is 0.253 e. The molecule has 0 radical (unpaired) electrons. The van der Waals surface area contributed by atoms with E-state index in [4.69, 9.17) is 4.42 Å². The van der Waals surface area contributed by atoms with Gasteiger partial charge in [0.15, 0.2) is 16.7 Å². The molecule has 2 aromatic heterocycles. The van der Waals surface area contributed by atoms with Gasteiger partial charge in [0.2, 0.25) is 5.91 Å². The molecular formula is C20H23N5O3S. The Labute approximate surface area is 173 Å². The Morgan fingerprint density at radius 2 is 1.97 bits per heavy atom. The van der Waals surface area contributed by atoms with Crippen molar-refractivity contribution in [2.45, 2.75) is 19.0 Å². The van der Waals surface area contributed by atoms with Gasteiger partial charge < -0.3 is 19.6 Å². The van der Waals surface area contributed by atoms with E-state index in [2.05, 4.69) is 20.8 Å². The first-order valence-electron chi connectivity index (χ1n) is 9.19. The number of benzene rings is 1. The van der Waals surface area contributed by atoms with Crippen molar-refractivity contribution in [1.29, 1.82) is 0 Å². The summed E-state index contributed by atoms with van der Waals surface area (Å²) in [6.45, 7) is 4.62. The van der Waals surface area contributed by atoms with Crippen molar-refractivity contribution in [3.05, 3.63) is 48.2 Å². The fraction of sp³-hybridized carbons (Fsp3) is 0.300. The molecule has 3 rings (SSSR count). The van der Waals surface area contributed by atoms with Crippen molar-refractivity contribution >= 4 is 29.3 Å². The zero-order chi connectivity index (χ0) is 20.8. The standard InChI is InChI=1S/C20H23N5O3S/c1-13(2)11-21-19(27)14-7-4-5-8-15(14)22-17(26)12-29-20-24-23-18(25(20)3)16-9-6-10-28-16/h4-10,13H,11-12H2,1-3H3,(H,21,27)(H,22,26). The van der Waals surface area contributed by atoms with Crippen LogP contribution < -0.4 is 10.6 Å². The molecule has 8 nitrogen and oxygen atoms in total. The van der Waals surface area contributed by atoms with Crippen molar-refractivity contribution in [2.24, 2.45) is 13.0 Å². The van der Waals surface area contributed by atoms with E-state index in [1.807, 2.05) is 20.9 Å². The maximum absolute atomic E-state index is 12.4. The molecule has 0 aliphatic rings. The molecule has 2 N–H and O–H groups in total. The normalized spacial score (nSPS) is 10.9. The number of furan rings is 1. The number of carbonyl (C=O) groups is 2. The molecule has 0 saturated carbocycles. The lowest BCUT2D eigenvalue weighted by Crippen LogP contribution is -2.28. The number of para-hydroxylation sites is 1. The van der Waals surface area contributed by atoms with Crippen LogP contribution >= 0.6 is 11.8 Å². The topological polar surface area (TPSA) is 102 Å². The highest BCUT2D eigenvalue weighted by Crippen LogP contribution is 2.23. The molecule has 0 atom stereocenters. The quantitative estimate of drug-likeness (QED) is 0.550. The van der Waals surface area contributed by atoms with Crippen molar-refractivity contribution < 1.29 is 14.0 Å². The van der Waals surface area contributed by atoms with Gasteiger partial charge in [0, 0.05) is 13.6 Å². The predicted molar refractivity (Wildman–Crippen MR) is 112 cm³/mol. The third-order valence-corrected chi connectivity index (χ3v) is 5.05. The summed E-state index contributed by atoms with van der Waals surface area (Å²) in [5.41, 5.74) is 0.916. The van der Waals surface area contributed by atoms with Gasteiger partial charge in [0.1, 0.15) is 0 Å². The minimum Gasteiger partial charge on any atom is -0.461 e. The zero-order valence-corrected chi connectivity index (χ0v) is 17.3. The molecule has 0 aliphatic heterocycles. The van der Waals surface area contributed by atoms with Gasteiger partial charge in [-0.15, -0.1) is 10.2 Å². The summed E-state index contributed by atoms with van der Waals surface area (Å²) in [6, 6.07) is 10.5. The average Bonchev–Trinajstić information content (AvgIpc) is 3.34. The number of nitrogens with one attached hydrogen (secondary N) is 2. The Bertz CT molecular complexity index is 982. The van der Waals surface area contributed by atoms with Crippen LogP contribution in [-0.4, -0.2) is 38.9 Å². The van der Waals surface area contributed by atoms with Crippen LogP contribution in [0, 0.1) is 5.92 Å². The highest BCUT2D eigenvalue weighted by molar-refractivity contribution is 7.99. The SMILES string of the molecule is CC(C)CNC(=O)c1ccccc1NC(=O)CSc1nnc(-c2ccco2)n1C. The molecule has 2 heterocycles. The molecular weight excluding hydrogens is 390 g/mol. The smallest absolute Gasteiger partial charge is 0.253 e. The molecule has 1 aromatic carbocycles. The van der Waals surface area contributed by atoms with Gasteiger partial charge in [-0.2, -0.15) is 0 Å². The van der Waals surface area contributed by atoms with Crippen LogP contribution in [0.5, 0.6) is 0 Å². The Morgan fingerprint density at radius 1 is 1.17 bits per heavy atom. The van der Waals surface area contributed by atoms with Gasteiger partial charge >= 0.3 is 0 Å². The fourth-order valence-electron chi connectivity index (χ4n) is 2.56. The van der Waals surface area contributed by atoms with Crippen molar-refractivity contribution in [2.75, 3.05) is 17.6 Å². The molecule has 0 spiro atoms. The number of amides is 2. The van der Waals surface area contributed by atoms with E-state index in [9.17, 15) is 9.59 Å².